The third-order valence-corrected chi connectivity index (χ3v) is 5.25. The molecule has 0 amide bonds. The first-order valence-electron chi connectivity index (χ1n) is 7.95. The summed E-state index contributed by atoms with van der Waals surface area (Å²) in [4.78, 5) is 16.7. The summed E-state index contributed by atoms with van der Waals surface area (Å²) in [6.45, 7) is 0.879. The predicted octanol–water partition coefficient (Wildman–Crippen LogP) is 1.89. The van der Waals surface area contributed by atoms with Crippen molar-refractivity contribution in [1.82, 2.24) is 14.0 Å². The van der Waals surface area contributed by atoms with Crippen LogP contribution in [0.5, 0.6) is 0 Å². The highest BCUT2D eigenvalue weighted by molar-refractivity contribution is 7.03. The van der Waals surface area contributed by atoms with Crippen LogP contribution in [0.4, 0.5) is 19.0 Å². The monoisotopic (exact) mass is 381 g/mol. The lowest BCUT2D eigenvalue weighted by Crippen LogP contribution is -2.48. The molecule has 2 N–H and O–H groups in total. The van der Waals surface area contributed by atoms with Crippen molar-refractivity contribution in [3.63, 3.8) is 0 Å². The average Bonchev–Trinajstić information content (AvgIpc) is 2.97. The Kier molecular flexibility index (Phi) is 4.16. The molecule has 0 radical (unpaired) electrons. The zero-order valence-corrected chi connectivity index (χ0v) is 14.2. The quantitative estimate of drug-likeness (QED) is 0.686. The molecule has 1 aliphatic rings. The lowest BCUT2D eigenvalue weighted by atomic mass is 9.85. The van der Waals surface area contributed by atoms with Crippen LogP contribution in [0.2, 0.25) is 0 Å². The second-order valence-corrected chi connectivity index (χ2v) is 7.06. The Bertz CT molecular complexity index is 1040. The molecule has 0 spiro atoms. The normalized spacial score (nSPS) is 20.7. The van der Waals surface area contributed by atoms with E-state index >= 15 is 0 Å². The Morgan fingerprint density at radius 3 is 2.69 bits per heavy atom. The van der Waals surface area contributed by atoms with Crippen LogP contribution in [0.25, 0.3) is 5.65 Å². The van der Waals surface area contributed by atoms with Gasteiger partial charge in [0.15, 0.2) is 23.1 Å². The Hall–Kier alpha value is -2.46. The number of aromatic nitrogens is 3. The fraction of sp³-hybridized carbons (Fsp3) is 0.312. The van der Waals surface area contributed by atoms with E-state index in [9.17, 15) is 18.0 Å². The van der Waals surface area contributed by atoms with E-state index in [0.29, 0.717) is 37.0 Å². The highest BCUT2D eigenvalue weighted by Crippen LogP contribution is 2.32. The zero-order chi connectivity index (χ0) is 18.4. The summed E-state index contributed by atoms with van der Waals surface area (Å²) in [6, 6.07) is 4.38. The van der Waals surface area contributed by atoms with Gasteiger partial charge in [0.05, 0.1) is 0 Å². The maximum atomic E-state index is 14.1. The van der Waals surface area contributed by atoms with E-state index in [1.165, 1.54) is 3.90 Å². The first-order valence-corrected chi connectivity index (χ1v) is 8.72. The number of benzene rings is 1. The molecule has 2 atom stereocenters. The van der Waals surface area contributed by atoms with Crippen LogP contribution >= 0.6 is 11.5 Å². The highest BCUT2D eigenvalue weighted by Gasteiger charge is 2.31. The zero-order valence-electron chi connectivity index (χ0n) is 13.4. The number of rotatable bonds is 2. The van der Waals surface area contributed by atoms with E-state index in [4.69, 9.17) is 5.73 Å². The predicted molar refractivity (Wildman–Crippen MR) is 91.0 cm³/mol. The molecule has 0 saturated carbocycles. The van der Waals surface area contributed by atoms with Gasteiger partial charge in [-0.25, -0.2) is 13.2 Å². The molecule has 6 nitrogen and oxygen atoms in total. The largest absolute Gasteiger partial charge is 0.354 e. The van der Waals surface area contributed by atoms with Crippen LogP contribution in [-0.2, 0) is 0 Å². The molecule has 3 aromatic rings. The summed E-state index contributed by atoms with van der Waals surface area (Å²) in [5.41, 5.74) is 6.75. The standard InChI is InChI=1S/C16H14F3N5OS/c17-10-6-12(19)11(18)5-9(10)8-3-4-23(7-13(8)20)15-2-1-14-21-16(25)26-24(14)22-15/h1-2,5-6,8,13H,3-4,7,20H2/t8-,13?/m1/s1. The smallest absolute Gasteiger partial charge is 0.346 e. The van der Waals surface area contributed by atoms with Crippen molar-refractivity contribution in [3.8, 4) is 0 Å². The van der Waals surface area contributed by atoms with Gasteiger partial charge in [-0.15, -0.1) is 5.10 Å². The van der Waals surface area contributed by atoms with Crippen LogP contribution in [0, 0.1) is 17.5 Å². The SMILES string of the molecule is NC1CN(c2ccc3nc(=O)sn3n2)CC[C@@H]1c1cc(F)c(F)cc1F. The van der Waals surface area contributed by atoms with Crippen molar-refractivity contribution in [2.45, 2.75) is 18.4 Å². The number of anilines is 1. The molecule has 10 heteroatoms. The van der Waals surface area contributed by atoms with Gasteiger partial charge in [-0.3, -0.25) is 4.79 Å². The van der Waals surface area contributed by atoms with Gasteiger partial charge < -0.3 is 10.6 Å². The van der Waals surface area contributed by atoms with Crippen LogP contribution in [0.3, 0.4) is 0 Å². The molecule has 2 aromatic heterocycles. The van der Waals surface area contributed by atoms with Gasteiger partial charge in [0.25, 0.3) is 0 Å². The van der Waals surface area contributed by atoms with Crippen LogP contribution < -0.4 is 15.5 Å². The Balaban J connectivity index is 1.58. The molecule has 0 aliphatic carbocycles. The van der Waals surface area contributed by atoms with Gasteiger partial charge in [-0.05, 0) is 30.2 Å². The number of hydrogen-bond acceptors (Lipinski definition) is 6. The van der Waals surface area contributed by atoms with Crippen LogP contribution in [0.15, 0.2) is 29.1 Å². The second kappa shape index (κ2) is 6.36. The van der Waals surface area contributed by atoms with E-state index in [1.54, 1.807) is 12.1 Å². The van der Waals surface area contributed by atoms with Gasteiger partial charge in [0, 0.05) is 42.6 Å². The van der Waals surface area contributed by atoms with Crippen molar-refractivity contribution in [2.24, 2.45) is 5.73 Å². The molecule has 4 rings (SSSR count). The fourth-order valence-electron chi connectivity index (χ4n) is 3.29. The Morgan fingerprint density at radius 1 is 1.15 bits per heavy atom. The third-order valence-electron chi connectivity index (χ3n) is 4.56. The number of fused-ring (bicyclic) bond motifs is 1. The first kappa shape index (κ1) is 17.0. The molecule has 1 saturated heterocycles. The molecule has 1 fully saturated rings. The molecule has 1 aliphatic heterocycles. The van der Waals surface area contributed by atoms with Crippen molar-refractivity contribution < 1.29 is 13.2 Å². The fourth-order valence-corrected chi connectivity index (χ4v) is 3.89. The minimum atomic E-state index is -1.21. The minimum Gasteiger partial charge on any atom is -0.354 e. The summed E-state index contributed by atoms with van der Waals surface area (Å²) in [7, 11) is 0. The molecule has 1 unspecified atom stereocenters. The molecule has 1 aromatic carbocycles. The van der Waals surface area contributed by atoms with Gasteiger partial charge >= 0.3 is 4.87 Å². The third kappa shape index (κ3) is 2.95. The maximum Gasteiger partial charge on any atom is 0.346 e. The van der Waals surface area contributed by atoms with E-state index in [2.05, 4.69) is 10.1 Å². The van der Waals surface area contributed by atoms with E-state index in [1.807, 2.05) is 4.90 Å². The first-order chi connectivity index (χ1) is 12.4. The number of nitrogens with zero attached hydrogens (tertiary/aromatic N) is 4. The van der Waals surface area contributed by atoms with Gasteiger partial charge in [0.2, 0.25) is 0 Å². The number of halogens is 3. The van der Waals surface area contributed by atoms with Crippen molar-refractivity contribution in [2.75, 3.05) is 18.0 Å². The molecule has 26 heavy (non-hydrogen) atoms. The van der Waals surface area contributed by atoms with Crippen LogP contribution in [0.1, 0.15) is 17.9 Å². The Labute approximate surface area is 149 Å². The molecular formula is C16H14F3N5OS. The van der Waals surface area contributed by atoms with Gasteiger partial charge in [-0.1, -0.05) is 0 Å². The maximum absolute atomic E-state index is 14.1. The van der Waals surface area contributed by atoms with E-state index < -0.39 is 29.4 Å². The number of piperidine rings is 1. The summed E-state index contributed by atoms with van der Waals surface area (Å²) >= 11 is 0.888. The second-order valence-electron chi connectivity index (χ2n) is 6.18. The number of nitrogens with two attached hydrogens (primary N) is 1. The summed E-state index contributed by atoms with van der Waals surface area (Å²) in [5, 5.41) is 4.35. The lowest BCUT2D eigenvalue weighted by molar-refractivity contribution is 0.415. The summed E-state index contributed by atoms with van der Waals surface area (Å²) in [6.07, 6.45) is 0.461. The lowest BCUT2D eigenvalue weighted by Gasteiger charge is -2.37. The van der Waals surface area contributed by atoms with Crippen LogP contribution in [-0.4, -0.2) is 33.1 Å². The van der Waals surface area contributed by atoms with E-state index in [-0.39, 0.29) is 10.4 Å². The molecular weight excluding hydrogens is 367 g/mol. The van der Waals surface area contributed by atoms with Crippen molar-refractivity contribution >= 4 is 23.0 Å². The summed E-state index contributed by atoms with van der Waals surface area (Å²) < 4.78 is 42.1. The van der Waals surface area contributed by atoms with Crippen molar-refractivity contribution in [1.29, 1.82) is 0 Å². The number of hydrogen-bond donors (Lipinski definition) is 1. The highest BCUT2D eigenvalue weighted by atomic mass is 32.1. The Morgan fingerprint density at radius 2 is 1.92 bits per heavy atom. The van der Waals surface area contributed by atoms with Crippen molar-refractivity contribution in [3.05, 3.63) is 56.9 Å². The molecule has 3 heterocycles. The summed E-state index contributed by atoms with van der Waals surface area (Å²) in [5.74, 6) is -2.90. The average molecular weight is 381 g/mol. The molecule has 0 bridgehead atoms. The molecule has 136 valence electrons. The van der Waals surface area contributed by atoms with Gasteiger partial charge in [0.1, 0.15) is 5.82 Å². The van der Waals surface area contributed by atoms with Gasteiger partial charge in [-0.2, -0.15) is 8.89 Å². The topological polar surface area (TPSA) is 76.5 Å². The van der Waals surface area contributed by atoms with E-state index in [0.717, 1.165) is 17.6 Å². The minimum absolute atomic E-state index is 0.0901.